The first-order valence-electron chi connectivity index (χ1n) is 12.3. The van der Waals surface area contributed by atoms with Gasteiger partial charge in [0.1, 0.15) is 5.82 Å². The number of hydrogen-bond acceptors (Lipinski definition) is 4. The molecule has 0 fully saturated rings. The predicted molar refractivity (Wildman–Crippen MR) is 150 cm³/mol. The number of fused-ring (bicyclic) bond motifs is 1. The van der Waals surface area contributed by atoms with Crippen molar-refractivity contribution in [3.8, 4) is 11.1 Å². The lowest BCUT2D eigenvalue weighted by Gasteiger charge is -2.34. The van der Waals surface area contributed by atoms with Crippen molar-refractivity contribution in [3.05, 3.63) is 123 Å². The topological polar surface area (TPSA) is 86.4 Å². The van der Waals surface area contributed by atoms with E-state index in [1.165, 1.54) is 12.1 Å². The van der Waals surface area contributed by atoms with Crippen LogP contribution in [0.3, 0.4) is 0 Å². The second-order valence-corrected chi connectivity index (χ2v) is 9.69. The third kappa shape index (κ3) is 5.65. The summed E-state index contributed by atoms with van der Waals surface area (Å²) >= 11 is 6.19. The fourth-order valence-electron chi connectivity index (χ4n) is 4.77. The van der Waals surface area contributed by atoms with Crippen LogP contribution in [0.25, 0.3) is 22.0 Å². The first-order valence-corrected chi connectivity index (χ1v) is 12.7. The van der Waals surface area contributed by atoms with Crippen LogP contribution in [0.15, 0.2) is 90.1 Å². The van der Waals surface area contributed by atoms with Crippen molar-refractivity contribution in [3.63, 3.8) is 0 Å². The van der Waals surface area contributed by atoms with Crippen LogP contribution in [-0.2, 0) is 29.2 Å². The number of halogens is 5. The quantitative estimate of drug-likeness (QED) is 0.239. The lowest BCUT2D eigenvalue weighted by molar-refractivity contribution is -0.192. The summed E-state index contributed by atoms with van der Waals surface area (Å²) in [5.41, 5.74) is 2.77. The lowest BCUT2D eigenvalue weighted by atomic mass is 9.82. The SMILES string of the molecule is COC(c1ccc(Cl)cc1)(c1ccc2c(c1)c(-c1ccccc1F)cc(=O)n2C)c1cncn1C.O=C(O)C(F)(F)F. The van der Waals surface area contributed by atoms with E-state index in [1.54, 1.807) is 49.4 Å². The maximum atomic E-state index is 14.9. The van der Waals surface area contributed by atoms with E-state index >= 15 is 0 Å². The number of rotatable bonds is 5. The number of ether oxygens (including phenoxy) is 1. The van der Waals surface area contributed by atoms with Gasteiger partial charge in [0.25, 0.3) is 5.56 Å². The third-order valence-electron chi connectivity index (χ3n) is 6.79. The Morgan fingerprint density at radius 3 is 2.12 bits per heavy atom. The first kappa shape index (κ1) is 30.5. The molecule has 7 nitrogen and oxygen atoms in total. The van der Waals surface area contributed by atoms with Crippen molar-refractivity contribution < 1.29 is 32.2 Å². The van der Waals surface area contributed by atoms with Crippen LogP contribution in [0.1, 0.15) is 16.8 Å². The molecule has 2 heterocycles. The molecule has 5 rings (SSSR count). The molecule has 0 saturated heterocycles. The van der Waals surface area contributed by atoms with Crippen LogP contribution < -0.4 is 5.56 Å². The van der Waals surface area contributed by atoms with E-state index in [-0.39, 0.29) is 5.56 Å². The molecule has 0 bridgehead atoms. The smallest absolute Gasteiger partial charge is 0.475 e. The van der Waals surface area contributed by atoms with E-state index in [1.807, 2.05) is 54.1 Å². The minimum Gasteiger partial charge on any atom is -0.475 e. The van der Waals surface area contributed by atoms with Gasteiger partial charge in [0.05, 0.1) is 23.7 Å². The molecular weight excluding hydrogens is 578 g/mol. The number of aromatic nitrogens is 3. The lowest BCUT2D eigenvalue weighted by Crippen LogP contribution is -2.33. The number of alkyl halides is 3. The van der Waals surface area contributed by atoms with Crippen molar-refractivity contribution in [1.29, 1.82) is 0 Å². The number of aliphatic carboxylic acids is 1. The molecule has 0 amide bonds. The Balaban J connectivity index is 0.000000517. The Bertz CT molecular complexity index is 1820. The molecule has 1 unspecified atom stereocenters. The summed E-state index contributed by atoms with van der Waals surface area (Å²) in [6.45, 7) is 0. The van der Waals surface area contributed by atoms with Crippen LogP contribution in [0.5, 0.6) is 0 Å². The fourth-order valence-corrected chi connectivity index (χ4v) is 4.89. The average molecular weight is 602 g/mol. The summed E-state index contributed by atoms with van der Waals surface area (Å²) in [7, 11) is 5.26. The molecule has 5 aromatic rings. The minimum atomic E-state index is -5.08. The number of hydrogen-bond donors (Lipinski definition) is 1. The molecule has 1 atom stereocenters. The normalized spacial score (nSPS) is 12.9. The Kier molecular flexibility index (Phi) is 8.55. The van der Waals surface area contributed by atoms with Gasteiger partial charge in [-0.15, -0.1) is 0 Å². The molecule has 0 aliphatic rings. The zero-order valence-electron chi connectivity index (χ0n) is 22.5. The van der Waals surface area contributed by atoms with Crippen molar-refractivity contribution in [2.24, 2.45) is 14.1 Å². The molecule has 0 saturated carbocycles. The summed E-state index contributed by atoms with van der Waals surface area (Å²) in [6, 6.07) is 21.2. The second kappa shape index (κ2) is 11.8. The highest BCUT2D eigenvalue weighted by molar-refractivity contribution is 6.30. The maximum absolute atomic E-state index is 14.9. The van der Waals surface area contributed by atoms with Gasteiger partial charge in [-0.25, -0.2) is 14.2 Å². The van der Waals surface area contributed by atoms with Gasteiger partial charge in [-0.2, -0.15) is 13.2 Å². The molecule has 2 aromatic heterocycles. The number of carbonyl (C=O) groups is 1. The van der Waals surface area contributed by atoms with E-state index in [0.29, 0.717) is 21.7 Å². The van der Waals surface area contributed by atoms with Crippen molar-refractivity contribution in [1.82, 2.24) is 14.1 Å². The minimum absolute atomic E-state index is 0.217. The van der Waals surface area contributed by atoms with Crippen molar-refractivity contribution >= 4 is 28.5 Å². The number of imidazole rings is 1. The van der Waals surface area contributed by atoms with Gasteiger partial charge in [-0.3, -0.25) is 4.79 Å². The van der Waals surface area contributed by atoms with Gasteiger partial charge >= 0.3 is 12.1 Å². The third-order valence-corrected chi connectivity index (χ3v) is 7.05. The second-order valence-electron chi connectivity index (χ2n) is 9.25. The Morgan fingerprint density at radius 1 is 0.952 bits per heavy atom. The monoisotopic (exact) mass is 601 g/mol. The van der Waals surface area contributed by atoms with Crippen LogP contribution >= 0.6 is 11.6 Å². The number of carboxylic acid groups (broad SMARTS) is 1. The van der Waals surface area contributed by atoms with Crippen LogP contribution in [0.2, 0.25) is 5.02 Å². The van der Waals surface area contributed by atoms with Gasteiger partial charge in [0, 0.05) is 43.2 Å². The zero-order valence-corrected chi connectivity index (χ0v) is 23.2. The molecule has 0 aliphatic carbocycles. The number of methoxy groups -OCH3 is 1. The Labute approximate surface area is 242 Å². The standard InChI is InChI=1S/C28H23ClFN3O2.C2HF3O2/c1-32-17-31-16-26(32)28(35-3,18-8-11-20(29)12-9-18)19-10-13-25-23(14-19)22(15-27(34)33(25)2)21-6-4-5-7-24(21)30;3-2(4,5)1(6)7/h4-17H,1-3H3;(H,6,7). The van der Waals surface area contributed by atoms with E-state index in [0.717, 1.165) is 22.2 Å². The number of carboxylic acids is 1. The molecule has 12 heteroatoms. The number of aryl methyl sites for hydroxylation is 2. The number of nitrogens with zero attached hydrogens (tertiary/aromatic N) is 3. The van der Waals surface area contributed by atoms with Gasteiger partial charge in [-0.1, -0.05) is 48.0 Å². The van der Waals surface area contributed by atoms with Gasteiger partial charge in [-0.05, 0) is 47.0 Å². The van der Waals surface area contributed by atoms with Crippen LogP contribution in [-0.4, -0.2) is 38.5 Å². The van der Waals surface area contributed by atoms with E-state index < -0.39 is 23.6 Å². The van der Waals surface area contributed by atoms with Gasteiger partial charge in [0.2, 0.25) is 0 Å². The summed E-state index contributed by atoms with van der Waals surface area (Å²) in [4.78, 5) is 26.0. The maximum Gasteiger partial charge on any atom is 0.490 e. The Morgan fingerprint density at radius 2 is 1.57 bits per heavy atom. The predicted octanol–water partition coefficient (Wildman–Crippen LogP) is 6.30. The zero-order chi connectivity index (χ0) is 30.8. The molecule has 0 radical (unpaired) electrons. The first-order chi connectivity index (χ1) is 19.8. The highest BCUT2D eigenvalue weighted by Crippen LogP contribution is 2.42. The summed E-state index contributed by atoms with van der Waals surface area (Å²) in [6.07, 6.45) is -1.60. The summed E-state index contributed by atoms with van der Waals surface area (Å²) in [5, 5.41) is 8.46. The molecule has 0 aliphatic heterocycles. The van der Waals surface area contributed by atoms with E-state index in [4.69, 9.17) is 26.2 Å². The van der Waals surface area contributed by atoms with E-state index in [2.05, 4.69) is 4.98 Å². The Hall–Kier alpha value is -4.48. The summed E-state index contributed by atoms with van der Waals surface area (Å²) in [5.74, 6) is -3.15. The molecule has 218 valence electrons. The number of pyridine rings is 1. The van der Waals surface area contributed by atoms with Crippen LogP contribution in [0.4, 0.5) is 17.6 Å². The molecule has 3 aromatic carbocycles. The summed E-state index contributed by atoms with van der Waals surface area (Å²) < 4.78 is 56.4. The molecular formula is C30H24ClF4N3O4. The fraction of sp³-hybridized carbons (Fsp3) is 0.167. The number of benzene rings is 3. The highest BCUT2D eigenvalue weighted by Gasteiger charge is 2.40. The van der Waals surface area contributed by atoms with Crippen molar-refractivity contribution in [2.45, 2.75) is 11.8 Å². The van der Waals surface area contributed by atoms with Crippen molar-refractivity contribution in [2.75, 3.05) is 7.11 Å². The average Bonchev–Trinajstić information content (AvgIpc) is 3.38. The molecule has 42 heavy (non-hydrogen) atoms. The van der Waals surface area contributed by atoms with E-state index in [9.17, 15) is 22.4 Å². The molecule has 1 N–H and O–H groups in total. The van der Waals surface area contributed by atoms with Gasteiger partial charge in [0.15, 0.2) is 5.60 Å². The molecule has 0 spiro atoms. The van der Waals surface area contributed by atoms with Crippen LogP contribution in [0, 0.1) is 5.82 Å². The largest absolute Gasteiger partial charge is 0.490 e. The highest BCUT2D eigenvalue weighted by atomic mass is 35.5. The van der Waals surface area contributed by atoms with Gasteiger partial charge < -0.3 is 19.0 Å².